The van der Waals surface area contributed by atoms with Gasteiger partial charge in [-0.15, -0.1) is 0 Å². The SMILES string of the molecule is O=C(/C=C/c1ccc(Cl)cc1Cl)NCCCNC(=O)c1cc2ccccc2[nH]1. The largest absolute Gasteiger partial charge is 0.352 e. The number of H-pyrrole nitrogens is 1. The van der Waals surface area contributed by atoms with Crippen LogP contribution in [0.4, 0.5) is 0 Å². The van der Waals surface area contributed by atoms with Crippen LogP contribution in [0.25, 0.3) is 17.0 Å². The highest BCUT2D eigenvalue weighted by atomic mass is 35.5. The van der Waals surface area contributed by atoms with Crippen LogP contribution < -0.4 is 10.6 Å². The Balaban J connectivity index is 1.38. The van der Waals surface area contributed by atoms with Gasteiger partial charge in [0.05, 0.1) is 0 Å². The number of aromatic amines is 1. The molecule has 1 heterocycles. The van der Waals surface area contributed by atoms with E-state index < -0.39 is 0 Å². The molecule has 0 bridgehead atoms. The molecule has 0 aliphatic rings. The first-order chi connectivity index (χ1) is 13.5. The molecule has 0 spiro atoms. The maximum Gasteiger partial charge on any atom is 0.267 e. The maximum atomic E-state index is 12.2. The molecule has 3 N–H and O–H groups in total. The number of halogens is 2. The van der Waals surface area contributed by atoms with E-state index in [-0.39, 0.29) is 11.8 Å². The van der Waals surface area contributed by atoms with Crippen molar-refractivity contribution in [2.45, 2.75) is 6.42 Å². The summed E-state index contributed by atoms with van der Waals surface area (Å²) in [5.41, 5.74) is 2.16. The van der Waals surface area contributed by atoms with Crippen LogP contribution in [0.15, 0.2) is 54.6 Å². The molecule has 2 amide bonds. The van der Waals surface area contributed by atoms with Gasteiger partial charge in [0.2, 0.25) is 5.91 Å². The van der Waals surface area contributed by atoms with Crippen molar-refractivity contribution in [3.8, 4) is 0 Å². The fourth-order valence-corrected chi connectivity index (χ4v) is 3.13. The highest BCUT2D eigenvalue weighted by Crippen LogP contribution is 2.21. The van der Waals surface area contributed by atoms with E-state index in [1.165, 1.54) is 6.08 Å². The lowest BCUT2D eigenvalue weighted by Gasteiger charge is -2.05. The monoisotopic (exact) mass is 415 g/mol. The second-order valence-electron chi connectivity index (χ2n) is 6.17. The number of amides is 2. The number of nitrogens with one attached hydrogen (secondary N) is 3. The quantitative estimate of drug-likeness (QED) is 0.394. The van der Waals surface area contributed by atoms with Crippen molar-refractivity contribution in [1.82, 2.24) is 15.6 Å². The fraction of sp³-hybridized carbons (Fsp3) is 0.143. The van der Waals surface area contributed by atoms with Gasteiger partial charge < -0.3 is 15.6 Å². The second-order valence-corrected chi connectivity index (χ2v) is 7.01. The van der Waals surface area contributed by atoms with Gasteiger partial charge in [0.15, 0.2) is 0 Å². The highest BCUT2D eigenvalue weighted by molar-refractivity contribution is 6.35. The van der Waals surface area contributed by atoms with Crippen LogP contribution in [-0.2, 0) is 4.79 Å². The Morgan fingerprint density at radius 3 is 2.57 bits per heavy atom. The zero-order valence-electron chi connectivity index (χ0n) is 15.0. The second kappa shape index (κ2) is 9.44. The van der Waals surface area contributed by atoms with E-state index in [1.54, 1.807) is 24.3 Å². The van der Waals surface area contributed by atoms with Gasteiger partial charge >= 0.3 is 0 Å². The van der Waals surface area contributed by atoms with E-state index in [0.717, 1.165) is 10.9 Å². The molecule has 28 heavy (non-hydrogen) atoms. The molecule has 0 unspecified atom stereocenters. The first kappa shape index (κ1) is 20.0. The zero-order chi connectivity index (χ0) is 19.9. The summed E-state index contributed by atoms with van der Waals surface area (Å²) in [6, 6.07) is 14.6. The molecule has 0 aliphatic heterocycles. The number of hydrogen-bond acceptors (Lipinski definition) is 2. The number of para-hydroxylation sites is 1. The van der Waals surface area contributed by atoms with Crippen LogP contribution in [0.1, 0.15) is 22.5 Å². The number of carbonyl (C=O) groups is 2. The Morgan fingerprint density at radius 2 is 1.79 bits per heavy atom. The van der Waals surface area contributed by atoms with Crippen LogP contribution in [0.3, 0.4) is 0 Å². The normalized spacial score (nSPS) is 11.1. The van der Waals surface area contributed by atoms with Crippen molar-refractivity contribution < 1.29 is 9.59 Å². The summed E-state index contributed by atoms with van der Waals surface area (Å²) in [6.07, 6.45) is 3.66. The summed E-state index contributed by atoms with van der Waals surface area (Å²) >= 11 is 11.9. The van der Waals surface area contributed by atoms with Gasteiger partial charge in [-0.2, -0.15) is 0 Å². The molecule has 0 aliphatic carbocycles. The fourth-order valence-electron chi connectivity index (χ4n) is 2.65. The molecule has 0 radical (unpaired) electrons. The third kappa shape index (κ3) is 5.38. The van der Waals surface area contributed by atoms with E-state index in [1.807, 2.05) is 30.3 Å². The van der Waals surface area contributed by atoms with Crippen molar-refractivity contribution >= 4 is 52.0 Å². The Morgan fingerprint density at radius 1 is 1.00 bits per heavy atom. The van der Waals surface area contributed by atoms with Crippen LogP contribution >= 0.6 is 23.2 Å². The van der Waals surface area contributed by atoms with Gasteiger partial charge in [-0.25, -0.2) is 0 Å². The molecule has 3 aromatic rings. The van der Waals surface area contributed by atoms with Crippen molar-refractivity contribution in [2.75, 3.05) is 13.1 Å². The molecular weight excluding hydrogens is 397 g/mol. The first-order valence-electron chi connectivity index (χ1n) is 8.80. The highest BCUT2D eigenvalue weighted by Gasteiger charge is 2.08. The number of rotatable bonds is 7. The third-order valence-electron chi connectivity index (χ3n) is 4.09. The Kier molecular flexibility index (Phi) is 6.74. The van der Waals surface area contributed by atoms with Gasteiger partial charge in [0, 0.05) is 40.1 Å². The Labute approximate surface area is 172 Å². The topological polar surface area (TPSA) is 74.0 Å². The van der Waals surface area contributed by atoms with E-state index in [0.29, 0.717) is 40.8 Å². The molecular formula is C21H19Cl2N3O2. The minimum atomic E-state index is -0.229. The zero-order valence-corrected chi connectivity index (χ0v) is 16.5. The smallest absolute Gasteiger partial charge is 0.267 e. The predicted molar refractivity (Wildman–Crippen MR) is 114 cm³/mol. The van der Waals surface area contributed by atoms with Crippen molar-refractivity contribution in [1.29, 1.82) is 0 Å². The van der Waals surface area contributed by atoms with E-state index in [2.05, 4.69) is 15.6 Å². The number of hydrogen-bond donors (Lipinski definition) is 3. The molecule has 2 aromatic carbocycles. The minimum absolute atomic E-state index is 0.167. The van der Waals surface area contributed by atoms with Crippen LogP contribution in [0.5, 0.6) is 0 Å². The molecule has 0 fully saturated rings. The summed E-state index contributed by atoms with van der Waals surface area (Å²) in [4.78, 5) is 27.1. The lowest BCUT2D eigenvalue weighted by molar-refractivity contribution is -0.116. The average molecular weight is 416 g/mol. The average Bonchev–Trinajstić information content (AvgIpc) is 3.11. The number of carbonyl (C=O) groups excluding carboxylic acids is 2. The number of benzene rings is 2. The standard InChI is InChI=1S/C21H19Cl2N3O2/c22-16-8-6-14(17(23)13-16)7-9-20(27)24-10-3-11-25-21(28)19-12-15-4-1-2-5-18(15)26-19/h1-2,4-9,12-13,26H,3,10-11H2,(H,24,27)(H,25,28)/b9-7+. The molecule has 144 valence electrons. The van der Waals surface area contributed by atoms with Gasteiger partial charge in [-0.1, -0.05) is 47.5 Å². The van der Waals surface area contributed by atoms with Crippen LogP contribution in [-0.4, -0.2) is 29.9 Å². The van der Waals surface area contributed by atoms with E-state index in [9.17, 15) is 9.59 Å². The summed E-state index contributed by atoms with van der Waals surface area (Å²) < 4.78 is 0. The van der Waals surface area contributed by atoms with Crippen molar-refractivity contribution in [3.63, 3.8) is 0 Å². The third-order valence-corrected chi connectivity index (χ3v) is 4.65. The summed E-state index contributed by atoms with van der Waals surface area (Å²) in [6.45, 7) is 0.908. The molecule has 0 atom stereocenters. The molecule has 7 heteroatoms. The number of fused-ring (bicyclic) bond motifs is 1. The summed E-state index contributed by atoms with van der Waals surface area (Å²) in [5.74, 6) is -0.396. The summed E-state index contributed by atoms with van der Waals surface area (Å²) in [7, 11) is 0. The molecule has 5 nitrogen and oxygen atoms in total. The van der Waals surface area contributed by atoms with Crippen molar-refractivity contribution in [3.05, 3.63) is 75.9 Å². The first-order valence-corrected chi connectivity index (χ1v) is 9.55. The van der Waals surface area contributed by atoms with E-state index in [4.69, 9.17) is 23.2 Å². The molecule has 1 aromatic heterocycles. The molecule has 0 saturated carbocycles. The maximum absolute atomic E-state index is 12.2. The minimum Gasteiger partial charge on any atom is -0.352 e. The molecule has 0 saturated heterocycles. The number of aromatic nitrogens is 1. The van der Waals surface area contributed by atoms with Gasteiger partial charge in [0.1, 0.15) is 5.69 Å². The Hall–Kier alpha value is -2.76. The van der Waals surface area contributed by atoms with Gasteiger partial charge in [-0.05, 0) is 42.3 Å². The van der Waals surface area contributed by atoms with E-state index >= 15 is 0 Å². The van der Waals surface area contributed by atoms with Crippen molar-refractivity contribution in [2.24, 2.45) is 0 Å². The lowest BCUT2D eigenvalue weighted by atomic mass is 10.2. The summed E-state index contributed by atoms with van der Waals surface area (Å²) in [5, 5.41) is 7.62. The van der Waals surface area contributed by atoms with Gasteiger partial charge in [-0.3, -0.25) is 9.59 Å². The van der Waals surface area contributed by atoms with Gasteiger partial charge in [0.25, 0.3) is 5.91 Å². The predicted octanol–water partition coefficient (Wildman–Crippen LogP) is 4.42. The molecule has 3 rings (SSSR count). The van der Waals surface area contributed by atoms with Crippen LogP contribution in [0, 0.1) is 0 Å². The van der Waals surface area contributed by atoms with Crippen LogP contribution in [0.2, 0.25) is 10.0 Å². The Bertz CT molecular complexity index is 994. The lowest BCUT2D eigenvalue weighted by Crippen LogP contribution is -2.29.